The van der Waals surface area contributed by atoms with Crippen molar-refractivity contribution in [3.05, 3.63) is 47.3 Å². The molecule has 2 aromatic rings. The van der Waals surface area contributed by atoms with Gasteiger partial charge in [-0.1, -0.05) is 17.7 Å². The minimum absolute atomic E-state index is 0.434. The monoisotopic (exact) mass is 269 g/mol. The quantitative estimate of drug-likeness (QED) is 0.931. The molecule has 2 rings (SSSR count). The number of alkyl halides is 3. The van der Waals surface area contributed by atoms with Gasteiger partial charge >= 0.3 is 6.18 Å². The number of aromatic nitrogens is 2. The van der Waals surface area contributed by atoms with Crippen molar-refractivity contribution in [1.82, 2.24) is 9.78 Å². The van der Waals surface area contributed by atoms with Gasteiger partial charge in [0.05, 0.1) is 17.4 Å². The number of hydrogen-bond donors (Lipinski definition) is 1. The fourth-order valence-electron chi connectivity index (χ4n) is 1.89. The predicted octanol–water partition coefficient (Wildman–Crippen LogP) is 2.70. The summed E-state index contributed by atoms with van der Waals surface area (Å²) in [5.74, 6) is 0. The van der Waals surface area contributed by atoms with E-state index in [1.54, 1.807) is 6.07 Å². The molecule has 0 aliphatic rings. The second kappa shape index (κ2) is 5.05. The lowest BCUT2D eigenvalue weighted by Crippen LogP contribution is -2.08. The van der Waals surface area contributed by atoms with E-state index in [0.717, 1.165) is 23.5 Å². The van der Waals surface area contributed by atoms with Crippen LogP contribution >= 0.6 is 0 Å². The minimum Gasteiger partial charge on any atom is -0.330 e. The van der Waals surface area contributed by atoms with E-state index >= 15 is 0 Å². The van der Waals surface area contributed by atoms with Crippen LogP contribution in [0.3, 0.4) is 0 Å². The molecule has 0 saturated heterocycles. The van der Waals surface area contributed by atoms with Crippen molar-refractivity contribution in [2.75, 3.05) is 6.54 Å². The number of rotatable bonds is 3. The normalized spacial score (nSPS) is 11.8. The molecule has 0 radical (unpaired) electrons. The molecule has 2 N–H and O–H groups in total. The Balaban J connectivity index is 2.44. The molecular weight excluding hydrogens is 255 g/mol. The Hall–Kier alpha value is -1.82. The average molecular weight is 269 g/mol. The van der Waals surface area contributed by atoms with Gasteiger partial charge < -0.3 is 5.73 Å². The highest BCUT2D eigenvalue weighted by atomic mass is 19.4. The molecule has 0 amide bonds. The topological polar surface area (TPSA) is 43.8 Å². The smallest absolute Gasteiger partial charge is 0.330 e. The molecule has 1 aromatic heterocycles. The van der Waals surface area contributed by atoms with E-state index in [0.29, 0.717) is 18.7 Å². The second-order valence-electron chi connectivity index (χ2n) is 4.34. The van der Waals surface area contributed by atoms with Crippen LogP contribution < -0.4 is 5.73 Å². The fourth-order valence-corrected chi connectivity index (χ4v) is 1.89. The number of benzene rings is 1. The Kier molecular flexibility index (Phi) is 3.61. The SMILES string of the molecule is Cc1ccc(-n2cc(C(F)(F)F)cn2)c(CCN)c1. The Morgan fingerprint density at radius 2 is 2.05 bits per heavy atom. The molecule has 0 atom stereocenters. The number of hydrogen-bond acceptors (Lipinski definition) is 2. The zero-order valence-electron chi connectivity index (χ0n) is 10.4. The second-order valence-corrected chi connectivity index (χ2v) is 4.34. The Morgan fingerprint density at radius 3 is 2.63 bits per heavy atom. The molecule has 0 saturated carbocycles. The first-order valence-electron chi connectivity index (χ1n) is 5.83. The zero-order valence-corrected chi connectivity index (χ0v) is 10.4. The molecule has 3 nitrogen and oxygen atoms in total. The summed E-state index contributed by atoms with van der Waals surface area (Å²) in [6.45, 7) is 2.36. The zero-order chi connectivity index (χ0) is 14.0. The number of aryl methyl sites for hydroxylation is 1. The van der Waals surface area contributed by atoms with E-state index in [9.17, 15) is 13.2 Å². The molecular formula is C13H14F3N3. The van der Waals surface area contributed by atoms with Crippen molar-refractivity contribution in [3.63, 3.8) is 0 Å². The van der Waals surface area contributed by atoms with Crippen LogP contribution in [0.5, 0.6) is 0 Å². The highest BCUT2D eigenvalue weighted by Gasteiger charge is 2.32. The fraction of sp³-hybridized carbons (Fsp3) is 0.308. The van der Waals surface area contributed by atoms with Crippen molar-refractivity contribution in [3.8, 4) is 5.69 Å². The highest BCUT2D eigenvalue weighted by molar-refractivity contribution is 5.43. The summed E-state index contributed by atoms with van der Waals surface area (Å²) in [6, 6.07) is 5.51. The third-order valence-electron chi connectivity index (χ3n) is 2.81. The maximum atomic E-state index is 12.6. The third-order valence-corrected chi connectivity index (χ3v) is 2.81. The Bertz CT molecular complexity index is 573. The van der Waals surface area contributed by atoms with Gasteiger partial charge in [-0.25, -0.2) is 4.68 Å². The van der Waals surface area contributed by atoms with Crippen LogP contribution in [0.1, 0.15) is 16.7 Å². The first-order valence-corrected chi connectivity index (χ1v) is 5.83. The summed E-state index contributed by atoms with van der Waals surface area (Å²) in [5.41, 5.74) is 7.32. The van der Waals surface area contributed by atoms with Gasteiger partial charge in [0.2, 0.25) is 0 Å². The van der Waals surface area contributed by atoms with E-state index < -0.39 is 11.7 Å². The van der Waals surface area contributed by atoms with E-state index in [2.05, 4.69) is 5.10 Å². The third kappa shape index (κ3) is 2.96. The van der Waals surface area contributed by atoms with E-state index in [1.165, 1.54) is 4.68 Å². The van der Waals surface area contributed by atoms with Gasteiger partial charge in [-0.05, 0) is 31.5 Å². The summed E-state index contributed by atoms with van der Waals surface area (Å²) >= 11 is 0. The van der Waals surface area contributed by atoms with Crippen molar-refractivity contribution in [1.29, 1.82) is 0 Å². The number of nitrogens with zero attached hydrogens (tertiary/aromatic N) is 2. The number of halogens is 3. The van der Waals surface area contributed by atoms with Crippen molar-refractivity contribution < 1.29 is 13.2 Å². The summed E-state index contributed by atoms with van der Waals surface area (Å²) in [5, 5.41) is 3.78. The van der Waals surface area contributed by atoms with E-state index in [-0.39, 0.29) is 0 Å². The highest BCUT2D eigenvalue weighted by Crippen LogP contribution is 2.29. The first-order chi connectivity index (χ1) is 8.91. The van der Waals surface area contributed by atoms with Gasteiger partial charge in [0.25, 0.3) is 0 Å². The first kappa shape index (κ1) is 13.6. The van der Waals surface area contributed by atoms with Crippen LogP contribution in [0, 0.1) is 6.92 Å². The van der Waals surface area contributed by atoms with Gasteiger partial charge in [0, 0.05) is 6.20 Å². The van der Waals surface area contributed by atoms with Crippen LogP contribution in [0.25, 0.3) is 5.69 Å². The van der Waals surface area contributed by atoms with Crippen molar-refractivity contribution in [2.24, 2.45) is 5.73 Å². The molecule has 1 aromatic carbocycles. The van der Waals surface area contributed by atoms with Crippen molar-refractivity contribution in [2.45, 2.75) is 19.5 Å². The molecule has 0 aliphatic heterocycles. The molecule has 102 valence electrons. The molecule has 0 unspecified atom stereocenters. The molecule has 6 heteroatoms. The van der Waals surface area contributed by atoms with Crippen LogP contribution in [-0.2, 0) is 12.6 Å². The maximum Gasteiger partial charge on any atom is 0.419 e. The summed E-state index contributed by atoms with van der Waals surface area (Å²) in [6.07, 6.45) is -1.97. The molecule has 19 heavy (non-hydrogen) atoms. The van der Waals surface area contributed by atoms with Gasteiger partial charge in [0.15, 0.2) is 0 Å². The lowest BCUT2D eigenvalue weighted by molar-refractivity contribution is -0.137. The predicted molar refractivity (Wildman–Crippen MR) is 66.1 cm³/mol. The van der Waals surface area contributed by atoms with Crippen LogP contribution in [-0.4, -0.2) is 16.3 Å². The standard InChI is InChI=1S/C13H14F3N3/c1-9-2-3-12(10(6-9)4-5-17)19-8-11(7-18-19)13(14,15)16/h2-3,6-8H,4-5,17H2,1H3. The van der Waals surface area contributed by atoms with Gasteiger partial charge in [0.1, 0.15) is 0 Å². The summed E-state index contributed by atoms with van der Waals surface area (Å²) in [4.78, 5) is 0. The van der Waals surface area contributed by atoms with Crippen LogP contribution in [0.2, 0.25) is 0 Å². The Labute approximate surface area is 108 Å². The molecule has 0 spiro atoms. The minimum atomic E-state index is -4.38. The number of nitrogens with two attached hydrogens (primary N) is 1. The van der Waals surface area contributed by atoms with Crippen LogP contribution in [0.4, 0.5) is 13.2 Å². The molecule has 0 bridgehead atoms. The largest absolute Gasteiger partial charge is 0.419 e. The van der Waals surface area contributed by atoms with E-state index in [4.69, 9.17) is 5.73 Å². The lowest BCUT2D eigenvalue weighted by atomic mass is 10.1. The molecule has 0 aliphatic carbocycles. The van der Waals surface area contributed by atoms with E-state index in [1.807, 2.05) is 19.1 Å². The molecule has 0 fully saturated rings. The summed E-state index contributed by atoms with van der Waals surface area (Å²) < 4.78 is 38.9. The summed E-state index contributed by atoms with van der Waals surface area (Å²) in [7, 11) is 0. The van der Waals surface area contributed by atoms with Crippen LogP contribution in [0.15, 0.2) is 30.6 Å². The van der Waals surface area contributed by atoms with Gasteiger partial charge in [-0.15, -0.1) is 0 Å². The van der Waals surface area contributed by atoms with Gasteiger partial charge in [-0.2, -0.15) is 18.3 Å². The Morgan fingerprint density at radius 1 is 1.32 bits per heavy atom. The maximum absolute atomic E-state index is 12.6. The average Bonchev–Trinajstić information content (AvgIpc) is 2.78. The van der Waals surface area contributed by atoms with Crippen molar-refractivity contribution >= 4 is 0 Å². The van der Waals surface area contributed by atoms with Gasteiger partial charge in [-0.3, -0.25) is 0 Å². The lowest BCUT2D eigenvalue weighted by Gasteiger charge is -2.10. The molecule has 1 heterocycles.